The van der Waals surface area contributed by atoms with E-state index in [1.54, 1.807) is 12.4 Å². The molecule has 2 aromatic heterocycles. The van der Waals surface area contributed by atoms with Crippen LogP contribution in [0.3, 0.4) is 0 Å². The summed E-state index contributed by atoms with van der Waals surface area (Å²) in [6, 6.07) is 21.6. The van der Waals surface area contributed by atoms with Crippen LogP contribution in [0.5, 0.6) is 11.5 Å². The molecule has 0 saturated carbocycles. The minimum atomic E-state index is -0.0693. The third-order valence-corrected chi connectivity index (χ3v) is 5.39. The second-order valence-electron chi connectivity index (χ2n) is 7.60. The molecule has 154 valence electrons. The van der Waals surface area contributed by atoms with Crippen molar-refractivity contribution in [3.63, 3.8) is 0 Å². The maximum Gasteiger partial charge on any atom is 0.255 e. The fraction of sp³-hybridized carbons (Fsp3) is 0.160. The molecule has 4 aromatic rings. The molecule has 2 aromatic carbocycles. The molecule has 1 aliphatic rings. The minimum absolute atomic E-state index is 0.0693. The average molecular weight is 410 g/mol. The molecular formula is C25H22N4O2. The number of nitrogens with one attached hydrogen (secondary N) is 1. The van der Waals surface area contributed by atoms with Gasteiger partial charge in [0.15, 0.2) is 0 Å². The summed E-state index contributed by atoms with van der Waals surface area (Å²) in [5, 5.41) is 0. The van der Waals surface area contributed by atoms with E-state index < -0.39 is 0 Å². The zero-order valence-corrected chi connectivity index (χ0v) is 17.0. The summed E-state index contributed by atoms with van der Waals surface area (Å²) in [7, 11) is 0. The third kappa shape index (κ3) is 4.39. The van der Waals surface area contributed by atoms with Gasteiger partial charge in [-0.25, -0.2) is 4.98 Å². The Kier molecular flexibility index (Phi) is 5.29. The smallest absolute Gasteiger partial charge is 0.255 e. The van der Waals surface area contributed by atoms with Crippen LogP contribution in [0.15, 0.2) is 83.9 Å². The van der Waals surface area contributed by atoms with Crippen molar-refractivity contribution in [2.45, 2.75) is 19.5 Å². The van der Waals surface area contributed by atoms with E-state index in [1.165, 1.54) is 5.56 Å². The topological polar surface area (TPSA) is 71.1 Å². The molecule has 0 saturated heterocycles. The lowest BCUT2D eigenvalue weighted by Gasteiger charge is -2.27. The van der Waals surface area contributed by atoms with Crippen molar-refractivity contribution in [3.8, 4) is 22.9 Å². The summed E-state index contributed by atoms with van der Waals surface area (Å²) in [4.78, 5) is 26.7. The Hall–Kier alpha value is -3.77. The predicted molar refractivity (Wildman–Crippen MR) is 119 cm³/mol. The maximum absolute atomic E-state index is 12.7. The van der Waals surface area contributed by atoms with Crippen LogP contribution < -0.4 is 10.3 Å². The standard InChI is InChI=1S/C25H22N4O2/c30-25-22-17-29(14-12-23(22)27-24(28-25)19-5-4-13-26-15-19)16-18-8-10-21(11-9-18)31-20-6-2-1-3-7-20/h1-11,13,15H,12,14,16-17H2,(H,27,28,30). The third-order valence-electron chi connectivity index (χ3n) is 5.39. The lowest BCUT2D eigenvalue weighted by atomic mass is 10.1. The molecule has 0 unspecified atom stereocenters. The molecule has 0 aliphatic carbocycles. The largest absolute Gasteiger partial charge is 0.457 e. The van der Waals surface area contributed by atoms with Crippen molar-refractivity contribution in [3.05, 3.63) is 106 Å². The van der Waals surface area contributed by atoms with E-state index in [-0.39, 0.29) is 5.56 Å². The van der Waals surface area contributed by atoms with E-state index in [9.17, 15) is 4.79 Å². The van der Waals surface area contributed by atoms with Gasteiger partial charge in [0.25, 0.3) is 5.56 Å². The molecule has 0 atom stereocenters. The number of benzene rings is 2. The fourth-order valence-corrected chi connectivity index (χ4v) is 3.80. The summed E-state index contributed by atoms with van der Waals surface area (Å²) >= 11 is 0. The van der Waals surface area contributed by atoms with Gasteiger partial charge in [-0.05, 0) is 42.0 Å². The zero-order chi connectivity index (χ0) is 21.0. The number of hydrogen-bond donors (Lipinski definition) is 1. The first-order valence-electron chi connectivity index (χ1n) is 10.3. The monoisotopic (exact) mass is 410 g/mol. The molecule has 31 heavy (non-hydrogen) atoms. The van der Waals surface area contributed by atoms with Crippen LogP contribution in [0.1, 0.15) is 16.8 Å². The van der Waals surface area contributed by atoms with E-state index >= 15 is 0 Å². The summed E-state index contributed by atoms with van der Waals surface area (Å²) < 4.78 is 5.86. The maximum atomic E-state index is 12.7. The SMILES string of the molecule is O=c1[nH]c(-c2cccnc2)nc2c1CN(Cc1ccc(Oc3ccccc3)cc1)CC2. The normalized spacial score (nSPS) is 13.5. The number of ether oxygens (including phenoxy) is 1. The number of para-hydroxylation sites is 1. The number of aromatic nitrogens is 3. The molecule has 0 spiro atoms. The molecule has 6 nitrogen and oxygen atoms in total. The highest BCUT2D eigenvalue weighted by atomic mass is 16.5. The Balaban J connectivity index is 1.27. The van der Waals surface area contributed by atoms with Gasteiger partial charge in [-0.15, -0.1) is 0 Å². The molecule has 0 amide bonds. The van der Waals surface area contributed by atoms with Crippen molar-refractivity contribution < 1.29 is 4.74 Å². The molecule has 1 N–H and O–H groups in total. The number of H-pyrrole nitrogens is 1. The summed E-state index contributed by atoms with van der Waals surface area (Å²) in [5.74, 6) is 2.21. The Morgan fingerprint density at radius 3 is 2.55 bits per heavy atom. The van der Waals surface area contributed by atoms with Gasteiger partial charge < -0.3 is 9.72 Å². The first kappa shape index (κ1) is 19.2. The van der Waals surface area contributed by atoms with Crippen molar-refractivity contribution in [1.29, 1.82) is 0 Å². The average Bonchev–Trinajstić information content (AvgIpc) is 2.82. The van der Waals surface area contributed by atoms with Crippen molar-refractivity contribution in [1.82, 2.24) is 19.9 Å². The van der Waals surface area contributed by atoms with Gasteiger partial charge in [0.2, 0.25) is 0 Å². The Labute approximate surface area is 180 Å². The molecule has 5 rings (SSSR count). The van der Waals surface area contributed by atoms with Crippen LogP contribution >= 0.6 is 0 Å². The Morgan fingerprint density at radius 2 is 1.77 bits per heavy atom. The first-order valence-corrected chi connectivity index (χ1v) is 10.3. The fourth-order valence-electron chi connectivity index (χ4n) is 3.80. The summed E-state index contributed by atoms with van der Waals surface area (Å²) in [6.45, 7) is 2.22. The van der Waals surface area contributed by atoms with E-state index in [4.69, 9.17) is 9.72 Å². The molecule has 0 radical (unpaired) electrons. The second-order valence-corrected chi connectivity index (χ2v) is 7.60. The van der Waals surface area contributed by atoms with Crippen LogP contribution in [-0.2, 0) is 19.5 Å². The highest BCUT2D eigenvalue weighted by molar-refractivity contribution is 5.53. The van der Waals surface area contributed by atoms with E-state index in [0.29, 0.717) is 12.4 Å². The van der Waals surface area contributed by atoms with E-state index in [1.807, 2.05) is 54.6 Å². The molecule has 0 fully saturated rings. The van der Waals surface area contributed by atoms with Gasteiger partial charge in [-0.3, -0.25) is 14.7 Å². The number of aromatic amines is 1. The van der Waals surface area contributed by atoms with Gasteiger partial charge in [-0.2, -0.15) is 0 Å². The predicted octanol–water partition coefficient (Wildman–Crippen LogP) is 4.18. The van der Waals surface area contributed by atoms with Crippen LogP contribution in [0.2, 0.25) is 0 Å². The quantitative estimate of drug-likeness (QED) is 0.534. The number of rotatable bonds is 5. The number of hydrogen-bond acceptors (Lipinski definition) is 5. The highest BCUT2D eigenvalue weighted by Crippen LogP contribution is 2.23. The van der Waals surface area contributed by atoms with Crippen LogP contribution in [0.4, 0.5) is 0 Å². The lowest BCUT2D eigenvalue weighted by Crippen LogP contribution is -2.35. The first-order chi connectivity index (χ1) is 15.2. The molecule has 6 heteroatoms. The highest BCUT2D eigenvalue weighted by Gasteiger charge is 2.21. The number of fused-ring (bicyclic) bond motifs is 1. The van der Waals surface area contributed by atoms with Crippen molar-refractivity contribution in [2.24, 2.45) is 0 Å². The van der Waals surface area contributed by atoms with Crippen LogP contribution in [0.25, 0.3) is 11.4 Å². The van der Waals surface area contributed by atoms with E-state index in [0.717, 1.165) is 47.8 Å². The lowest BCUT2D eigenvalue weighted by molar-refractivity contribution is 0.242. The van der Waals surface area contributed by atoms with Crippen LogP contribution in [0, 0.1) is 0 Å². The minimum Gasteiger partial charge on any atom is -0.457 e. The second kappa shape index (κ2) is 8.53. The van der Waals surface area contributed by atoms with Gasteiger partial charge in [0, 0.05) is 44.0 Å². The Morgan fingerprint density at radius 1 is 0.968 bits per heavy atom. The molecular weight excluding hydrogens is 388 g/mol. The van der Waals surface area contributed by atoms with Crippen molar-refractivity contribution in [2.75, 3.05) is 6.54 Å². The molecule has 1 aliphatic heterocycles. The van der Waals surface area contributed by atoms with Crippen LogP contribution in [-0.4, -0.2) is 26.4 Å². The Bertz CT molecular complexity index is 1220. The van der Waals surface area contributed by atoms with Gasteiger partial charge in [0.05, 0.1) is 11.3 Å². The number of pyridine rings is 1. The van der Waals surface area contributed by atoms with Gasteiger partial charge in [0.1, 0.15) is 17.3 Å². The van der Waals surface area contributed by atoms with Gasteiger partial charge in [-0.1, -0.05) is 30.3 Å². The number of nitrogens with zero attached hydrogens (tertiary/aromatic N) is 3. The summed E-state index contributed by atoms with van der Waals surface area (Å²) in [5.41, 5.74) is 3.57. The van der Waals surface area contributed by atoms with Crippen molar-refractivity contribution >= 4 is 0 Å². The molecule has 3 heterocycles. The molecule has 0 bridgehead atoms. The summed E-state index contributed by atoms with van der Waals surface area (Å²) in [6.07, 6.45) is 4.17. The van der Waals surface area contributed by atoms with Gasteiger partial charge >= 0.3 is 0 Å². The van der Waals surface area contributed by atoms with E-state index in [2.05, 4.69) is 27.0 Å². The zero-order valence-electron chi connectivity index (χ0n) is 17.0.